The fraction of sp³-hybridized carbons (Fsp3) is 0.0909. The quantitative estimate of drug-likeness (QED) is 0.716. The van der Waals surface area contributed by atoms with Crippen LogP contribution in [0.4, 0.5) is 0 Å². The molecule has 0 fully saturated rings. The van der Waals surface area contributed by atoms with Gasteiger partial charge in [0.05, 0.1) is 4.90 Å². The van der Waals surface area contributed by atoms with E-state index in [2.05, 4.69) is 0 Å². The Morgan fingerprint density at radius 2 is 1.64 bits per heavy atom. The van der Waals surface area contributed by atoms with Crippen LogP contribution in [0.15, 0.2) is 47.4 Å². The number of hydrogen-bond acceptors (Lipinski definition) is 2. The summed E-state index contributed by atoms with van der Waals surface area (Å²) in [5.41, 5.74) is 1.74. The van der Waals surface area contributed by atoms with Crippen molar-refractivity contribution in [3.05, 3.63) is 42.5 Å². The summed E-state index contributed by atoms with van der Waals surface area (Å²) in [6.45, 7) is 0. The molecule has 2 aliphatic rings. The van der Waals surface area contributed by atoms with Crippen molar-refractivity contribution in [1.29, 1.82) is 0 Å². The number of hydrogen-bond donors (Lipinski definition) is 0. The van der Waals surface area contributed by atoms with Crippen LogP contribution in [-0.4, -0.2) is 14.7 Å². The van der Waals surface area contributed by atoms with E-state index in [1.165, 1.54) is 6.26 Å². The Kier molecular flexibility index (Phi) is 2.04. The Labute approximate surface area is 83.5 Å². The first-order valence-corrected chi connectivity index (χ1v) is 6.16. The third-order valence-electron chi connectivity index (χ3n) is 2.15. The molecule has 2 nitrogen and oxygen atoms in total. The molecule has 0 aromatic heterocycles. The molecule has 0 N–H and O–H groups in total. The summed E-state index contributed by atoms with van der Waals surface area (Å²) in [6, 6.07) is 12.8. The molecule has 0 radical (unpaired) electrons. The van der Waals surface area contributed by atoms with Crippen LogP contribution >= 0.6 is 0 Å². The highest BCUT2D eigenvalue weighted by Gasteiger charge is 2.15. The third-order valence-corrected chi connectivity index (χ3v) is 3.31. The van der Waals surface area contributed by atoms with Crippen molar-refractivity contribution in [1.82, 2.24) is 0 Å². The maximum absolute atomic E-state index is 11.4. The highest BCUT2D eigenvalue weighted by atomic mass is 32.2. The fourth-order valence-corrected chi connectivity index (χ4v) is 2.41. The van der Waals surface area contributed by atoms with Crippen molar-refractivity contribution in [2.24, 2.45) is 0 Å². The van der Waals surface area contributed by atoms with Crippen molar-refractivity contribution in [2.45, 2.75) is 4.90 Å². The molecular formula is C11H10O2S. The summed E-state index contributed by atoms with van der Waals surface area (Å²) >= 11 is 0. The molecule has 0 aliphatic heterocycles. The second kappa shape index (κ2) is 3.10. The topological polar surface area (TPSA) is 34.1 Å². The minimum atomic E-state index is -3.12. The number of fused-ring (bicyclic) bond motifs is 1. The zero-order valence-corrected chi connectivity index (χ0v) is 8.58. The van der Waals surface area contributed by atoms with Gasteiger partial charge in [-0.1, -0.05) is 36.4 Å². The van der Waals surface area contributed by atoms with Crippen LogP contribution < -0.4 is 0 Å². The number of rotatable bonds is 1. The molecule has 0 unspecified atom stereocenters. The van der Waals surface area contributed by atoms with Crippen LogP contribution in [0.3, 0.4) is 0 Å². The van der Waals surface area contributed by atoms with E-state index in [0.29, 0.717) is 4.90 Å². The van der Waals surface area contributed by atoms with E-state index in [9.17, 15) is 8.42 Å². The van der Waals surface area contributed by atoms with E-state index in [4.69, 9.17) is 0 Å². The first kappa shape index (κ1) is 9.21. The molecule has 0 amide bonds. The molecule has 72 valence electrons. The van der Waals surface area contributed by atoms with Crippen LogP contribution in [0.25, 0.3) is 11.1 Å². The zero-order chi connectivity index (χ0) is 10.2. The van der Waals surface area contributed by atoms with Gasteiger partial charge < -0.3 is 0 Å². The molecule has 0 saturated heterocycles. The highest BCUT2D eigenvalue weighted by Crippen LogP contribution is 2.29. The van der Waals surface area contributed by atoms with Crippen molar-refractivity contribution >= 4 is 9.84 Å². The lowest BCUT2D eigenvalue weighted by molar-refractivity contribution is 0.602. The van der Waals surface area contributed by atoms with E-state index >= 15 is 0 Å². The first-order chi connectivity index (χ1) is 6.59. The summed E-state index contributed by atoms with van der Waals surface area (Å²) in [4.78, 5) is 0.406. The molecule has 0 aromatic carbocycles. The third kappa shape index (κ3) is 1.51. The van der Waals surface area contributed by atoms with E-state index in [1.807, 2.05) is 36.4 Å². The van der Waals surface area contributed by atoms with Crippen LogP contribution in [0, 0.1) is 0 Å². The van der Waals surface area contributed by atoms with E-state index < -0.39 is 9.84 Å². The SMILES string of the molecule is CS(=O)(=O)c1ccc2cccccc1-2. The summed E-state index contributed by atoms with van der Waals surface area (Å²) in [5.74, 6) is 0. The standard InChI is InChI=1S/C11H10O2S/c1-14(12,13)11-8-7-9-5-3-2-4-6-10(9)11/h2-8H,1H3. The molecule has 2 rings (SSSR count). The Balaban J connectivity index is 2.77. The van der Waals surface area contributed by atoms with Crippen molar-refractivity contribution in [2.75, 3.05) is 6.26 Å². The summed E-state index contributed by atoms with van der Waals surface area (Å²) in [5, 5.41) is 0. The monoisotopic (exact) mass is 206 g/mol. The van der Waals surface area contributed by atoms with Crippen LogP contribution in [0.5, 0.6) is 0 Å². The molecule has 0 bridgehead atoms. The molecule has 0 aromatic rings. The largest absolute Gasteiger partial charge is 0.224 e. The van der Waals surface area contributed by atoms with Gasteiger partial charge in [-0.2, -0.15) is 0 Å². The molecule has 3 heteroatoms. The number of sulfone groups is 1. The highest BCUT2D eigenvalue weighted by molar-refractivity contribution is 7.90. The van der Waals surface area contributed by atoms with Crippen LogP contribution in [0.2, 0.25) is 0 Å². The summed E-state index contributed by atoms with van der Waals surface area (Å²) in [7, 11) is -3.12. The predicted molar refractivity (Wildman–Crippen MR) is 56.2 cm³/mol. The lowest BCUT2D eigenvalue weighted by Gasteiger charge is -1.97. The van der Waals surface area contributed by atoms with Gasteiger partial charge in [-0.3, -0.25) is 0 Å². The normalized spacial score (nSPS) is 11.8. The van der Waals surface area contributed by atoms with E-state index in [0.717, 1.165) is 11.1 Å². The molecule has 0 heterocycles. The maximum atomic E-state index is 11.4. The lowest BCUT2D eigenvalue weighted by Crippen LogP contribution is -1.95. The zero-order valence-electron chi connectivity index (χ0n) is 7.77. The fourth-order valence-electron chi connectivity index (χ4n) is 1.51. The van der Waals surface area contributed by atoms with Crippen molar-refractivity contribution < 1.29 is 8.42 Å². The van der Waals surface area contributed by atoms with Gasteiger partial charge in [-0.25, -0.2) is 8.42 Å². The smallest absolute Gasteiger partial charge is 0.176 e. The molecule has 2 aliphatic carbocycles. The maximum Gasteiger partial charge on any atom is 0.176 e. The van der Waals surface area contributed by atoms with E-state index in [-0.39, 0.29) is 0 Å². The molecule has 0 spiro atoms. The van der Waals surface area contributed by atoms with Crippen molar-refractivity contribution in [3.8, 4) is 11.1 Å². The van der Waals surface area contributed by atoms with E-state index in [1.54, 1.807) is 6.07 Å². The average Bonchev–Trinajstić information content (AvgIpc) is 2.36. The minimum absolute atomic E-state index is 0.406. The minimum Gasteiger partial charge on any atom is -0.224 e. The summed E-state index contributed by atoms with van der Waals surface area (Å²) in [6.07, 6.45) is 1.23. The second-order valence-corrected chi connectivity index (χ2v) is 5.23. The van der Waals surface area contributed by atoms with Gasteiger partial charge in [0.25, 0.3) is 0 Å². The van der Waals surface area contributed by atoms with Gasteiger partial charge in [-0.05, 0) is 11.6 Å². The van der Waals surface area contributed by atoms with Gasteiger partial charge in [0.2, 0.25) is 0 Å². The van der Waals surface area contributed by atoms with Crippen LogP contribution in [-0.2, 0) is 9.84 Å². The molecule has 0 atom stereocenters. The van der Waals surface area contributed by atoms with Gasteiger partial charge in [0, 0.05) is 11.8 Å². The lowest BCUT2D eigenvalue weighted by atomic mass is 10.2. The van der Waals surface area contributed by atoms with Gasteiger partial charge >= 0.3 is 0 Å². The predicted octanol–water partition coefficient (Wildman–Crippen LogP) is 2.19. The van der Waals surface area contributed by atoms with Crippen molar-refractivity contribution in [3.63, 3.8) is 0 Å². The van der Waals surface area contributed by atoms with Crippen LogP contribution in [0.1, 0.15) is 0 Å². The molecular weight excluding hydrogens is 196 g/mol. The first-order valence-electron chi connectivity index (χ1n) is 4.27. The van der Waals surface area contributed by atoms with Gasteiger partial charge in [-0.15, -0.1) is 0 Å². The van der Waals surface area contributed by atoms with Gasteiger partial charge in [0.1, 0.15) is 0 Å². The Bertz CT molecular complexity index is 529. The van der Waals surface area contributed by atoms with Gasteiger partial charge in [0.15, 0.2) is 9.84 Å². The summed E-state index contributed by atoms with van der Waals surface area (Å²) < 4.78 is 22.8. The Morgan fingerprint density at radius 3 is 2.36 bits per heavy atom. The molecule has 0 saturated carbocycles. The Morgan fingerprint density at radius 1 is 0.929 bits per heavy atom. The molecule has 14 heavy (non-hydrogen) atoms. The average molecular weight is 206 g/mol. The second-order valence-electron chi connectivity index (χ2n) is 3.25. The Hall–Kier alpha value is -1.35.